The zero-order chi connectivity index (χ0) is 21.0. The summed E-state index contributed by atoms with van der Waals surface area (Å²) >= 11 is 0. The van der Waals surface area contributed by atoms with Gasteiger partial charge in [-0.25, -0.2) is 13.3 Å². The fourth-order valence-electron chi connectivity index (χ4n) is 4.23. The molecule has 2 aromatic heterocycles. The molecule has 4 heteroatoms. The second kappa shape index (κ2) is 6.77. The van der Waals surface area contributed by atoms with E-state index in [2.05, 4.69) is 31.3 Å². The van der Waals surface area contributed by atoms with E-state index in [-0.39, 0.29) is 5.58 Å². The van der Waals surface area contributed by atoms with E-state index in [9.17, 15) is 8.78 Å². The summed E-state index contributed by atoms with van der Waals surface area (Å²) in [4.78, 5) is 0. The van der Waals surface area contributed by atoms with Gasteiger partial charge < -0.3 is 4.42 Å². The molecule has 0 saturated carbocycles. The maximum Gasteiger partial charge on any atom is 0.216 e. The van der Waals surface area contributed by atoms with Gasteiger partial charge in [0.2, 0.25) is 5.69 Å². The first kappa shape index (κ1) is 18.5. The van der Waals surface area contributed by atoms with Gasteiger partial charge in [-0.05, 0) is 36.6 Å². The van der Waals surface area contributed by atoms with Crippen LogP contribution in [0, 0.1) is 25.5 Å². The highest BCUT2D eigenvalue weighted by atomic mass is 19.1. The first-order valence-corrected chi connectivity index (χ1v) is 9.81. The third-order valence-electron chi connectivity index (χ3n) is 5.71. The van der Waals surface area contributed by atoms with Crippen molar-refractivity contribution in [3.05, 3.63) is 89.6 Å². The number of nitrogens with zero attached hydrogens (tertiary/aromatic N) is 1. The Labute approximate surface area is 173 Å². The van der Waals surface area contributed by atoms with Crippen LogP contribution in [0.5, 0.6) is 0 Å². The summed E-state index contributed by atoms with van der Waals surface area (Å²) in [6.45, 7) is 4.09. The summed E-state index contributed by atoms with van der Waals surface area (Å²) in [6.07, 6.45) is 2.08. The molecule has 5 rings (SSSR count). The summed E-state index contributed by atoms with van der Waals surface area (Å²) in [5.41, 5.74) is 7.10. The van der Waals surface area contributed by atoms with Crippen LogP contribution < -0.4 is 4.57 Å². The molecule has 2 nitrogen and oxygen atoms in total. The van der Waals surface area contributed by atoms with E-state index in [1.54, 1.807) is 0 Å². The lowest BCUT2D eigenvalue weighted by atomic mass is 9.98. The van der Waals surface area contributed by atoms with E-state index in [1.165, 1.54) is 17.2 Å². The van der Waals surface area contributed by atoms with Gasteiger partial charge in [0.1, 0.15) is 29.8 Å². The summed E-state index contributed by atoms with van der Waals surface area (Å²) in [7, 11) is 1.98. The monoisotopic (exact) mass is 400 g/mol. The quantitative estimate of drug-likeness (QED) is 0.304. The molecule has 0 saturated heterocycles. The molecule has 0 radical (unpaired) electrons. The summed E-state index contributed by atoms with van der Waals surface area (Å²) in [6, 6.07) is 18.3. The van der Waals surface area contributed by atoms with Crippen molar-refractivity contribution in [3.63, 3.8) is 0 Å². The van der Waals surface area contributed by atoms with Crippen molar-refractivity contribution >= 4 is 21.9 Å². The smallest absolute Gasteiger partial charge is 0.216 e. The minimum Gasteiger partial charge on any atom is -0.455 e. The average Bonchev–Trinajstić information content (AvgIpc) is 3.07. The molecule has 0 fully saturated rings. The highest BCUT2D eigenvalue weighted by Gasteiger charge is 2.22. The number of hydrogen-bond donors (Lipinski definition) is 0. The van der Waals surface area contributed by atoms with Gasteiger partial charge in [0, 0.05) is 29.1 Å². The van der Waals surface area contributed by atoms with E-state index in [0.29, 0.717) is 16.4 Å². The molecule has 0 unspecified atom stereocenters. The van der Waals surface area contributed by atoms with Crippen molar-refractivity contribution in [1.29, 1.82) is 0 Å². The molecule has 5 aromatic rings. The fourth-order valence-corrected chi connectivity index (χ4v) is 4.23. The lowest BCUT2D eigenvalue weighted by Crippen LogP contribution is -2.31. The van der Waals surface area contributed by atoms with Crippen LogP contribution in [0.15, 0.2) is 71.3 Å². The minimum absolute atomic E-state index is 0.216. The van der Waals surface area contributed by atoms with Gasteiger partial charge in [-0.2, -0.15) is 0 Å². The number of fused-ring (bicyclic) bond motifs is 3. The van der Waals surface area contributed by atoms with Crippen molar-refractivity contribution in [2.75, 3.05) is 0 Å². The second-order valence-electron chi connectivity index (χ2n) is 7.73. The van der Waals surface area contributed by atoms with Crippen LogP contribution in [0.25, 0.3) is 44.3 Å². The van der Waals surface area contributed by atoms with Crippen molar-refractivity contribution < 1.29 is 17.8 Å². The Balaban J connectivity index is 1.76. The molecular formula is C26H20F2NO+. The van der Waals surface area contributed by atoms with E-state index >= 15 is 0 Å². The van der Waals surface area contributed by atoms with Crippen LogP contribution in [-0.2, 0) is 7.05 Å². The Bertz CT molecular complexity index is 1450. The van der Waals surface area contributed by atoms with Gasteiger partial charge in [0.05, 0.1) is 10.9 Å². The number of pyridine rings is 1. The predicted octanol–water partition coefficient (Wildman–Crippen LogP) is 6.64. The maximum absolute atomic E-state index is 14.5. The van der Waals surface area contributed by atoms with Gasteiger partial charge in [-0.15, -0.1) is 0 Å². The van der Waals surface area contributed by atoms with Crippen LogP contribution in [-0.4, -0.2) is 0 Å². The lowest BCUT2D eigenvalue weighted by molar-refractivity contribution is -0.659. The van der Waals surface area contributed by atoms with Crippen LogP contribution in [0.1, 0.15) is 11.1 Å². The largest absolute Gasteiger partial charge is 0.455 e. The van der Waals surface area contributed by atoms with E-state index in [0.717, 1.165) is 28.5 Å². The molecule has 0 aliphatic rings. The number of aromatic nitrogens is 1. The standard InChI is InChI=1S/C26H20F2NO/c1-15-6-4-5-7-19(15)17-9-11-22(29(3)14-17)24-16(2)8-10-20-25-21(28)12-18(27)13-23(25)30-26(20)24/h4-14H,1-3H3/q+1. The van der Waals surface area contributed by atoms with Crippen LogP contribution in [0.4, 0.5) is 8.78 Å². The zero-order valence-electron chi connectivity index (χ0n) is 17.0. The van der Waals surface area contributed by atoms with Gasteiger partial charge in [0.25, 0.3) is 0 Å². The molecule has 0 atom stereocenters. The van der Waals surface area contributed by atoms with E-state index in [4.69, 9.17) is 4.42 Å². The predicted molar refractivity (Wildman–Crippen MR) is 115 cm³/mol. The van der Waals surface area contributed by atoms with Crippen LogP contribution in [0.2, 0.25) is 0 Å². The molecule has 148 valence electrons. The van der Waals surface area contributed by atoms with Gasteiger partial charge >= 0.3 is 0 Å². The first-order chi connectivity index (χ1) is 14.4. The highest BCUT2D eigenvalue weighted by Crippen LogP contribution is 2.38. The molecule has 0 spiro atoms. The third-order valence-corrected chi connectivity index (χ3v) is 5.71. The van der Waals surface area contributed by atoms with Gasteiger partial charge in [-0.1, -0.05) is 36.4 Å². The average molecular weight is 400 g/mol. The number of halogens is 2. The SMILES string of the molecule is Cc1ccccc1-c1ccc(-c2c(C)ccc3c2oc2cc(F)cc(F)c23)[n+](C)c1. The Kier molecular flexibility index (Phi) is 4.17. The van der Waals surface area contributed by atoms with Gasteiger partial charge in [0.15, 0.2) is 6.20 Å². The number of rotatable bonds is 2. The van der Waals surface area contributed by atoms with Crippen LogP contribution >= 0.6 is 0 Å². The molecule has 3 aromatic carbocycles. The van der Waals surface area contributed by atoms with Crippen molar-refractivity contribution in [2.45, 2.75) is 13.8 Å². The topological polar surface area (TPSA) is 17.0 Å². The fraction of sp³-hybridized carbons (Fsp3) is 0.115. The molecule has 0 bridgehead atoms. The lowest BCUT2D eigenvalue weighted by Gasteiger charge is -2.08. The maximum atomic E-state index is 14.5. The number of benzene rings is 3. The van der Waals surface area contributed by atoms with Gasteiger partial charge in [-0.3, -0.25) is 0 Å². The van der Waals surface area contributed by atoms with E-state index in [1.807, 2.05) is 48.9 Å². The number of hydrogen-bond acceptors (Lipinski definition) is 1. The molecule has 0 aliphatic heterocycles. The molecule has 0 N–H and O–H groups in total. The minimum atomic E-state index is -0.648. The first-order valence-electron chi connectivity index (χ1n) is 9.81. The molecular weight excluding hydrogens is 380 g/mol. The number of furan rings is 1. The van der Waals surface area contributed by atoms with Crippen LogP contribution in [0.3, 0.4) is 0 Å². The Morgan fingerprint density at radius 2 is 1.67 bits per heavy atom. The Hall–Kier alpha value is -3.53. The summed E-state index contributed by atoms with van der Waals surface area (Å²) in [5, 5.41) is 0.956. The summed E-state index contributed by atoms with van der Waals surface area (Å²) in [5.74, 6) is -1.26. The molecule has 30 heavy (non-hydrogen) atoms. The van der Waals surface area contributed by atoms with Crippen molar-refractivity contribution in [3.8, 4) is 22.4 Å². The molecule has 2 heterocycles. The normalized spacial score (nSPS) is 11.5. The highest BCUT2D eigenvalue weighted by molar-refractivity contribution is 6.10. The zero-order valence-corrected chi connectivity index (χ0v) is 17.0. The third kappa shape index (κ3) is 2.79. The molecule has 0 amide bonds. The number of aryl methyl sites for hydroxylation is 3. The second-order valence-corrected chi connectivity index (χ2v) is 7.73. The summed E-state index contributed by atoms with van der Waals surface area (Å²) < 4.78 is 36.2. The van der Waals surface area contributed by atoms with Crippen molar-refractivity contribution in [1.82, 2.24) is 0 Å². The Morgan fingerprint density at radius 3 is 2.43 bits per heavy atom. The Morgan fingerprint density at radius 1 is 0.867 bits per heavy atom. The van der Waals surface area contributed by atoms with E-state index < -0.39 is 11.6 Å². The van der Waals surface area contributed by atoms with Crippen molar-refractivity contribution in [2.24, 2.45) is 7.05 Å². The molecule has 0 aliphatic carbocycles.